The summed E-state index contributed by atoms with van der Waals surface area (Å²) in [7, 11) is 0. The largest absolute Gasteiger partial charge is 0.364 e. The molecule has 0 unspecified atom stereocenters. The highest BCUT2D eigenvalue weighted by atomic mass is 16.1. The first-order valence-corrected chi connectivity index (χ1v) is 4.11. The first-order chi connectivity index (χ1) is 6.84. The van der Waals surface area contributed by atoms with Crippen LogP contribution in [0.2, 0.25) is 0 Å². The van der Waals surface area contributed by atoms with E-state index in [0.29, 0.717) is 12.4 Å². The van der Waals surface area contributed by atoms with Crippen LogP contribution in [0.15, 0.2) is 29.5 Å². The molecule has 0 saturated carbocycles. The number of hydrogen-bond acceptors (Lipinski definition) is 4. The number of H-pyrrole nitrogens is 2. The van der Waals surface area contributed by atoms with Gasteiger partial charge in [0.2, 0.25) is 0 Å². The second kappa shape index (κ2) is 3.73. The lowest BCUT2D eigenvalue weighted by Crippen LogP contribution is -2.09. The Labute approximate surface area is 79.4 Å². The molecule has 3 N–H and O–H groups in total. The van der Waals surface area contributed by atoms with Gasteiger partial charge in [0, 0.05) is 12.3 Å². The van der Waals surface area contributed by atoms with Crippen molar-refractivity contribution in [2.45, 2.75) is 6.54 Å². The number of anilines is 1. The third kappa shape index (κ3) is 1.98. The van der Waals surface area contributed by atoms with Gasteiger partial charge in [0.15, 0.2) is 0 Å². The van der Waals surface area contributed by atoms with Gasteiger partial charge < -0.3 is 10.3 Å². The van der Waals surface area contributed by atoms with Gasteiger partial charge in [-0.1, -0.05) is 0 Å². The minimum absolute atomic E-state index is 0.174. The third-order valence-corrected chi connectivity index (χ3v) is 1.70. The Kier molecular flexibility index (Phi) is 2.26. The van der Waals surface area contributed by atoms with E-state index in [1.54, 1.807) is 6.20 Å². The van der Waals surface area contributed by atoms with Crippen molar-refractivity contribution < 1.29 is 0 Å². The predicted octanol–water partition coefficient (Wildman–Crippen LogP) is 0.105. The van der Waals surface area contributed by atoms with Gasteiger partial charge in [-0.3, -0.25) is 9.89 Å². The first-order valence-electron chi connectivity index (χ1n) is 4.11. The number of aromatic nitrogens is 4. The van der Waals surface area contributed by atoms with E-state index < -0.39 is 0 Å². The first kappa shape index (κ1) is 8.49. The Morgan fingerprint density at radius 1 is 1.50 bits per heavy atom. The highest BCUT2D eigenvalue weighted by Crippen LogP contribution is 1.99. The molecule has 0 saturated heterocycles. The molecular formula is C8H9N5O. The number of rotatable bonds is 3. The van der Waals surface area contributed by atoms with E-state index in [1.807, 2.05) is 6.07 Å². The van der Waals surface area contributed by atoms with Crippen LogP contribution >= 0.6 is 0 Å². The van der Waals surface area contributed by atoms with E-state index in [0.717, 1.165) is 5.69 Å². The zero-order chi connectivity index (χ0) is 9.80. The highest BCUT2D eigenvalue weighted by Gasteiger charge is 1.95. The van der Waals surface area contributed by atoms with Crippen LogP contribution in [0.5, 0.6) is 0 Å². The molecule has 14 heavy (non-hydrogen) atoms. The molecule has 0 spiro atoms. The molecule has 0 amide bonds. The SMILES string of the molecule is O=c1cc(NCc2ccn[nH]2)nc[nH]1. The van der Waals surface area contributed by atoms with Crippen molar-refractivity contribution in [3.05, 3.63) is 40.7 Å². The Morgan fingerprint density at radius 3 is 3.14 bits per heavy atom. The van der Waals surface area contributed by atoms with E-state index in [2.05, 4.69) is 25.5 Å². The molecule has 6 nitrogen and oxygen atoms in total. The van der Waals surface area contributed by atoms with E-state index in [4.69, 9.17) is 0 Å². The van der Waals surface area contributed by atoms with Crippen LogP contribution in [0.4, 0.5) is 5.82 Å². The molecule has 0 fully saturated rings. The molecule has 72 valence electrons. The smallest absolute Gasteiger partial charge is 0.252 e. The molecule has 2 aromatic heterocycles. The minimum Gasteiger partial charge on any atom is -0.364 e. The fourth-order valence-electron chi connectivity index (χ4n) is 1.03. The molecule has 0 radical (unpaired) electrons. The van der Waals surface area contributed by atoms with Crippen LogP contribution in [0.1, 0.15) is 5.69 Å². The van der Waals surface area contributed by atoms with Crippen LogP contribution < -0.4 is 10.9 Å². The number of hydrogen-bond donors (Lipinski definition) is 3. The van der Waals surface area contributed by atoms with Crippen LogP contribution in [-0.2, 0) is 6.54 Å². The molecule has 2 heterocycles. The number of nitrogens with zero attached hydrogens (tertiary/aromatic N) is 2. The summed E-state index contributed by atoms with van der Waals surface area (Å²) < 4.78 is 0. The molecule has 0 aliphatic rings. The maximum atomic E-state index is 10.9. The van der Waals surface area contributed by atoms with Gasteiger partial charge in [-0.05, 0) is 6.07 Å². The zero-order valence-electron chi connectivity index (χ0n) is 7.32. The summed E-state index contributed by atoms with van der Waals surface area (Å²) in [6, 6.07) is 3.25. The van der Waals surface area contributed by atoms with Crippen LogP contribution in [-0.4, -0.2) is 20.2 Å². The van der Waals surface area contributed by atoms with E-state index in [9.17, 15) is 4.79 Å². The molecular weight excluding hydrogens is 182 g/mol. The van der Waals surface area contributed by atoms with Gasteiger partial charge in [0.25, 0.3) is 5.56 Å². The highest BCUT2D eigenvalue weighted by molar-refractivity contribution is 5.32. The van der Waals surface area contributed by atoms with Gasteiger partial charge in [-0.25, -0.2) is 4.98 Å². The molecule has 2 rings (SSSR count). The van der Waals surface area contributed by atoms with Crippen LogP contribution in [0.25, 0.3) is 0 Å². The molecule has 0 bridgehead atoms. The van der Waals surface area contributed by atoms with Crippen molar-refractivity contribution in [3.8, 4) is 0 Å². The van der Waals surface area contributed by atoms with Crippen molar-refractivity contribution in [2.24, 2.45) is 0 Å². The normalized spacial score (nSPS) is 10.0. The quantitative estimate of drug-likeness (QED) is 0.642. The summed E-state index contributed by atoms with van der Waals surface area (Å²) in [5, 5.41) is 9.58. The van der Waals surface area contributed by atoms with Gasteiger partial charge in [0.1, 0.15) is 5.82 Å². The third-order valence-electron chi connectivity index (χ3n) is 1.70. The van der Waals surface area contributed by atoms with Gasteiger partial charge in [-0.2, -0.15) is 5.10 Å². The Balaban J connectivity index is 2.02. The summed E-state index contributed by atoms with van der Waals surface area (Å²) in [6.07, 6.45) is 3.03. The number of nitrogens with one attached hydrogen (secondary N) is 3. The Morgan fingerprint density at radius 2 is 2.43 bits per heavy atom. The molecule has 6 heteroatoms. The summed E-state index contributed by atoms with van der Waals surface area (Å²) >= 11 is 0. The lowest BCUT2D eigenvalue weighted by Gasteiger charge is -2.01. The minimum atomic E-state index is -0.174. The zero-order valence-corrected chi connectivity index (χ0v) is 7.32. The van der Waals surface area contributed by atoms with Gasteiger partial charge >= 0.3 is 0 Å². The lowest BCUT2D eigenvalue weighted by atomic mass is 10.4. The lowest BCUT2D eigenvalue weighted by molar-refractivity contribution is 0.968. The fraction of sp³-hybridized carbons (Fsp3) is 0.125. The Bertz CT molecular complexity index is 447. The summed E-state index contributed by atoms with van der Waals surface area (Å²) in [5.41, 5.74) is 0.763. The molecule has 0 aliphatic heterocycles. The molecule has 2 aromatic rings. The topological polar surface area (TPSA) is 86.5 Å². The van der Waals surface area contributed by atoms with Crippen molar-refractivity contribution in [1.29, 1.82) is 0 Å². The summed E-state index contributed by atoms with van der Waals surface area (Å²) in [6.45, 7) is 0.566. The van der Waals surface area contributed by atoms with Crippen molar-refractivity contribution >= 4 is 5.82 Å². The standard InChI is InChI=1S/C8H9N5O/c14-8-3-7(10-5-11-8)9-4-6-1-2-12-13-6/h1-3,5H,4H2,(H,12,13)(H2,9,10,11,14). The van der Waals surface area contributed by atoms with Crippen molar-refractivity contribution in [2.75, 3.05) is 5.32 Å². The van der Waals surface area contributed by atoms with Crippen LogP contribution in [0, 0.1) is 0 Å². The second-order valence-electron chi connectivity index (χ2n) is 2.73. The average Bonchev–Trinajstić information content (AvgIpc) is 2.67. The molecule has 0 aliphatic carbocycles. The number of aromatic amines is 2. The molecule has 0 aromatic carbocycles. The maximum absolute atomic E-state index is 10.9. The van der Waals surface area contributed by atoms with Gasteiger partial charge in [0.05, 0.1) is 18.6 Å². The van der Waals surface area contributed by atoms with E-state index in [-0.39, 0.29) is 5.56 Å². The molecule has 0 atom stereocenters. The maximum Gasteiger partial charge on any atom is 0.252 e. The van der Waals surface area contributed by atoms with Gasteiger partial charge in [-0.15, -0.1) is 0 Å². The van der Waals surface area contributed by atoms with Crippen LogP contribution in [0.3, 0.4) is 0 Å². The summed E-state index contributed by atoms with van der Waals surface area (Å²) in [4.78, 5) is 17.3. The predicted molar refractivity (Wildman–Crippen MR) is 50.8 cm³/mol. The Hall–Kier alpha value is -2.11. The van der Waals surface area contributed by atoms with E-state index in [1.165, 1.54) is 12.4 Å². The van der Waals surface area contributed by atoms with Crippen molar-refractivity contribution in [1.82, 2.24) is 20.2 Å². The average molecular weight is 191 g/mol. The fourth-order valence-corrected chi connectivity index (χ4v) is 1.03. The second-order valence-corrected chi connectivity index (χ2v) is 2.73. The van der Waals surface area contributed by atoms with Crippen molar-refractivity contribution in [3.63, 3.8) is 0 Å². The van der Waals surface area contributed by atoms with E-state index >= 15 is 0 Å². The summed E-state index contributed by atoms with van der Waals surface area (Å²) in [5.74, 6) is 0.545. The monoisotopic (exact) mass is 191 g/mol.